The van der Waals surface area contributed by atoms with Crippen LogP contribution in [0.5, 0.6) is 0 Å². The average molecular weight is 287 g/mol. The Kier molecular flexibility index (Phi) is 4.25. The Morgan fingerprint density at radius 1 is 1.32 bits per heavy atom. The van der Waals surface area contributed by atoms with Gasteiger partial charge in [-0.05, 0) is 24.8 Å². The van der Waals surface area contributed by atoms with Crippen LogP contribution in [0.15, 0.2) is 4.52 Å². The van der Waals surface area contributed by atoms with Gasteiger partial charge in [0, 0.05) is 12.7 Å². The monoisotopic (exact) mass is 287 g/mol. The second-order valence-corrected chi connectivity index (χ2v) is 7.76. The van der Waals surface area contributed by atoms with E-state index in [-0.39, 0.29) is 17.0 Å². The molecule has 108 valence electrons. The number of hydrogen-bond donors (Lipinski definition) is 1. The summed E-state index contributed by atoms with van der Waals surface area (Å²) >= 11 is 0. The summed E-state index contributed by atoms with van der Waals surface area (Å²) < 4.78 is 27.5. The molecular weight excluding hydrogens is 266 g/mol. The maximum atomic E-state index is 11.2. The summed E-state index contributed by atoms with van der Waals surface area (Å²) in [6.45, 7) is 0.608. The van der Waals surface area contributed by atoms with Crippen LogP contribution in [-0.2, 0) is 22.0 Å². The van der Waals surface area contributed by atoms with Crippen molar-refractivity contribution in [1.82, 2.24) is 10.1 Å². The molecule has 0 saturated heterocycles. The van der Waals surface area contributed by atoms with Crippen molar-refractivity contribution < 1.29 is 12.9 Å². The van der Waals surface area contributed by atoms with Gasteiger partial charge in [0.2, 0.25) is 5.89 Å². The van der Waals surface area contributed by atoms with E-state index >= 15 is 0 Å². The molecule has 1 heterocycles. The van der Waals surface area contributed by atoms with Gasteiger partial charge in [-0.3, -0.25) is 0 Å². The molecule has 0 aliphatic heterocycles. The van der Waals surface area contributed by atoms with Crippen molar-refractivity contribution >= 4 is 9.84 Å². The summed E-state index contributed by atoms with van der Waals surface area (Å²) in [5, 5.41) is 3.73. The number of sulfone groups is 1. The molecule has 1 aliphatic carbocycles. The van der Waals surface area contributed by atoms with E-state index in [0.29, 0.717) is 18.9 Å². The zero-order valence-corrected chi connectivity index (χ0v) is 12.1. The van der Waals surface area contributed by atoms with Gasteiger partial charge in [0.25, 0.3) is 0 Å². The first-order valence-electron chi connectivity index (χ1n) is 6.62. The predicted octanol–water partition coefficient (Wildman–Crippen LogP) is 1.07. The molecule has 0 amide bonds. The molecule has 2 rings (SSSR count). The van der Waals surface area contributed by atoms with Crippen LogP contribution >= 0.6 is 0 Å². The number of rotatable bonds is 5. The van der Waals surface area contributed by atoms with E-state index in [4.69, 9.17) is 10.3 Å². The van der Waals surface area contributed by atoms with Gasteiger partial charge in [0.15, 0.2) is 15.7 Å². The lowest BCUT2D eigenvalue weighted by Gasteiger charge is -2.34. The number of nitrogens with two attached hydrogens (primary N) is 1. The zero-order valence-electron chi connectivity index (χ0n) is 11.3. The second kappa shape index (κ2) is 5.58. The highest BCUT2D eigenvalue weighted by Crippen LogP contribution is 2.37. The summed E-state index contributed by atoms with van der Waals surface area (Å²) in [6.07, 6.45) is 7.58. The Morgan fingerprint density at radius 2 is 2.00 bits per heavy atom. The molecule has 2 N–H and O–H groups in total. The van der Waals surface area contributed by atoms with Crippen LogP contribution in [0.25, 0.3) is 0 Å². The lowest BCUT2D eigenvalue weighted by molar-refractivity contribution is 0.177. The smallest absolute Gasteiger partial charge is 0.227 e. The highest BCUT2D eigenvalue weighted by molar-refractivity contribution is 7.89. The van der Waals surface area contributed by atoms with E-state index in [1.807, 2.05) is 0 Å². The molecule has 0 atom stereocenters. The molecule has 1 fully saturated rings. The largest absolute Gasteiger partial charge is 0.339 e. The molecule has 0 unspecified atom stereocenters. The lowest BCUT2D eigenvalue weighted by atomic mass is 9.72. The minimum atomic E-state index is -3.13. The van der Waals surface area contributed by atoms with Crippen molar-refractivity contribution in [2.75, 3.05) is 12.8 Å². The van der Waals surface area contributed by atoms with Crippen molar-refractivity contribution in [2.24, 2.45) is 11.1 Å². The Morgan fingerprint density at radius 3 is 2.58 bits per heavy atom. The van der Waals surface area contributed by atoms with Gasteiger partial charge in [0.05, 0.1) is 0 Å². The molecule has 7 heteroatoms. The summed E-state index contributed by atoms with van der Waals surface area (Å²) in [5.41, 5.74) is 5.96. The van der Waals surface area contributed by atoms with E-state index in [9.17, 15) is 8.42 Å². The minimum absolute atomic E-state index is 0.0488. The first-order chi connectivity index (χ1) is 8.92. The molecule has 1 aliphatic rings. The van der Waals surface area contributed by atoms with Crippen molar-refractivity contribution in [3.8, 4) is 0 Å². The van der Waals surface area contributed by atoms with Crippen molar-refractivity contribution in [2.45, 2.75) is 44.3 Å². The third kappa shape index (κ3) is 4.01. The fourth-order valence-corrected chi connectivity index (χ4v) is 3.32. The predicted molar refractivity (Wildman–Crippen MR) is 71.1 cm³/mol. The van der Waals surface area contributed by atoms with Crippen molar-refractivity contribution in [1.29, 1.82) is 0 Å². The minimum Gasteiger partial charge on any atom is -0.339 e. The normalized spacial score (nSPS) is 19.5. The van der Waals surface area contributed by atoms with E-state index in [0.717, 1.165) is 19.1 Å². The van der Waals surface area contributed by atoms with Gasteiger partial charge in [-0.1, -0.05) is 24.4 Å². The van der Waals surface area contributed by atoms with Crippen LogP contribution in [-0.4, -0.2) is 31.4 Å². The Labute approximate surface area is 113 Å². The van der Waals surface area contributed by atoms with Gasteiger partial charge in [0.1, 0.15) is 5.75 Å². The Hall–Kier alpha value is -0.950. The molecule has 0 aromatic carbocycles. The summed E-state index contributed by atoms with van der Waals surface area (Å²) in [5.74, 6) is 0.568. The molecule has 6 nitrogen and oxygen atoms in total. The van der Waals surface area contributed by atoms with Crippen molar-refractivity contribution in [3.63, 3.8) is 0 Å². The zero-order chi connectivity index (χ0) is 13.9. The molecule has 1 aromatic rings. The van der Waals surface area contributed by atoms with Gasteiger partial charge >= 0.3 is 0 Å². The third-order valence-electron chi connectivity index (χ3n) is 3.77. The quantitative estimate of drug-likeness (QED) is 0.869. The maximum Gasteiger partial charge on any atom is 0.227 e. The standard InChI is InChI=1S/C12H21N3O3S/c1-19(16,17)8-10-14-11(18-15-10)7-12(9-13)5-3-2-4-6-12/h2-9,13H2,1H3. The fraction of sp³-hybridized carbons (Fsp3) is 0.833. The highest BCUT2D eigenvalue weighted by atomic mass is 32.2. The summed E-state index contributed by atoms with van der Waals surface area (Å²) in [4.78, 5) is 4.17. The third-order valence-corrected chi connectivity index (χ3v) is 4.56. The van der Waals surface area contributed by atoms with Crippen LogP contribution in [0.3, 0.4) is 0 Å². The fourth-order valence-electron chi connectivity index (χ4n) is 2.73. The van der Waals surface area contributed by atoms with Gasteiger partial charge in [-0.25, -0.2) is 8.42 Å². The van der Waals surface area contributed by atoms with Crippen LogP contribution in [0, 0.1) is 5.41 Å². The van der Waals surface area contributed by atoms with E-state index < -0.39 is 9.84 Å². The van der Waals surface area contributed by atoms with Gasteiger partial charge in [-0.15, -0.1) is 0 Å². The molecule has 0 bridgehead atoms. The SMILES string of the molecule is CS(=O)(=O)Cc1noc(CC2(CN)CCCCC2)n1. The van der Waals surface area contributed by atoms with Crippen molar-refractivity contribution in [3.05, 3.63) is 11.7 Å². The topological polar surface area (TPSA) is 99.1 Å². The molecular formula is C12H21N3O3S. The summed E-state index contributed by atoms with van der Waals surface area (Å²) in [7, 11) is -3.13. The molecule has 1 aromatic heterocycles. The maximum absolute atomic E-state index is 11.2. The lowest BCUT2D eigenvalue weighted by Crippen LogP contribution is -2.35. The second-order valence-electron chi connectivity index (χ2n) is 5.62. The Bertz CT molecular complexity index is 518. The number of hydrogen-bond acceptors (Lipinski definition) is 6. The van der Waals surface area contributed by atoms with Crippen LogP contribution < -0.4 is 5.73 Å². The van der Waals surface area contributed by atoms with E-state index in [2.05, 4.69) is 10.1 Å². The van der Waals surface area contributed by atoms with Crippen LogP contribution in [0.4, 0.5) is 0 Å². The first kappa shape index (κ1) is 14.5. The van der Waals surface area contributed by atoms with Gasteiger partial charge in [-0.2, -0.15) is 4.98 Å². The average Bonchev–Trinajstić information content (AvgIpc) is 2.75. The van der Waals surface area contributed by atoms with E-state index in [1.54, 1.807) is 0 Å². The highest BCUT2D eigenvalue weighted by Gasteiger charge is 2.33. The van der Waals surface area contributed by atoms with E-state index in [1.165, 1.54) is 19.3 Å². The molecule has 0 radical (unpaired) electrons. The Balaban J connectivity index is 2.06. The number of nitrogens with zero attached hydrogens (tertiary/aromatic N) is 2. The van der Waals surface area contributed by atoms with Gasteiger partial charge < -0.3 is 10.3 Å². The number of aromatic nitrogens is 2. The van der Waals surface area contributed by atoms with Crippen LogP contribution in [0.1, 0.15) is 43.8 Å². The summed E-state index contributed by atoms with van der Waals surface area (Å²) in [6, 6.07) is 0. The molecule has 0 spiro atoms. The molecule has 19 heavy (non-hydrogen) atoms. The first-order valence-corrected chi connectivity index (χ1v) is 8.68. The van der Waals surface area contributed by atoms with Crippen LogP contribution in [0.2, 0.25) is 0 Å². The molecule has 1 saturated carbocycles.